The van der Waals surface area contributed by atoms with Gasteiger partial charge in [-0.2, -0.15) is 5.10 Å². The smallest absolute Gasteiger partial charge is 0.327 e. The highest BCUT2D eigenvalue weighted by Gasteiger charge is 2.69. The Hall–Kier alpha value is -2.89. The van der Waals surface area contributed by atoms with Gasteiger partial charge in [0.2, 0.25) is 0 Å². The number of benzene rings is 1. The van der Waals surface area contributed by atoms with E-state index in [1.54, 1.807) is 5.57 Å². The summed E-state index contributed by atoms with van der Waals surface area (Å²) in [7, 11) is 0. The molecule has 7 rings (SSSR count). The van der Waals surface area contributed by atoms with E-state index in [9.17, 15) is 9.59 Å². The van der Waals surface area contributed by atoms with E-state index < -0.39 is 5.41 Å². The molecule has 0 bridgehead atoms. The fourth-order valence-corrected chi connectivity index (χ4v) is 12.4. The molecule has 260 valence electrons. The second-order valence-electron chi connectivity index (χ2n) is 18.3. The molecule has 0 N–H and O–H groups in total. The molecule has 0 unspecified atom stereocenters. The summed E-state index contributed by atoms with van der Waals surface area (Å²) in [5.74, 6) is 1.05. The summed E-state index contributed by atoms with van der Waals surface area (Å²) in [5, 5.41) is 5.03. The molecule has 0 amide bonds. The van der Waals surface area contributed by atoms with Crippen molar-refractivity contribution in [3.8, 4) is 0 Å². The minimum Gasteiger partial charge on any atom is -0.465 e. The molecule has 0 saturated heterocycles. The Labute approximate surface area is 288 Å². The molecule has 6 nitrogen and oxygen atoms in total. The van der Waals surface area contributed by atoms with Crippen LogP contribution in [0, 0.1) is 44.8 Å². The second-order valence-corrected chi connectivity index (χ2v) is 18.3. The molecule has 5 aliphatic rings. The minimum atomic E-state index is -0.435. The van der Waals surface area contributed by atoms with E-state index >= 15 is 0 Å². The molecule has 6 heteroatoms. The Morgan fingerprint density at radius 2 is 1.65 bits per heavy atom. The highest BCUT2D eigenvalue weighted by molar-refractivity contribution is 5.79. The first kappa shape index (κ1) is 33.6. The van der Waals surface area contributed by atoms with E-state index in [1.807, 2.05) is 41.9 Å². The predicted octanol–water partition coefficient (Wildman–Crippen LogP) is 9.01. The van der Waals surface area contributed by atoms with Gasteiger partial charge in [-0.3, -0.25) is 14.3 Å². The Morgan fingerprint density at radius 1 is 0.917 bits per heavy atom. The average molecular weight is 655 g/mol. The van der Waals surface area contributed by atoms with Crippen LogP contribution in [0.2, 0.25) is 0 Å². The Balaban J connectivity index is 1.23. The summed E-state index contributed by atoms with van der Waals surface area (Å²) in [5.41, 5.74) is 5.00. The number of allylic oxidation sites excluding steroid dienone is 2. The summed E-state index contributed by atoms with van der Waals surface area (Å²) in [4.78, 5) is 26.7. The Bertz CT molecular complexity index is 1620. The third-order valence-corrected chi connectivity index (χ3v) is 15.0. The van der Waals surface area contributed by atoms with E-state index in [1.165, 1.54) is 18.4 Å². The summed E-state index contributed by atoms with van der Waals surface area (Å²) in [6.07, 6.45) is 14.2. The lowest BCUT2D eigenvalue weighted by molar-refractivity contribution is -0.182. The number of hydrogen-bond donors (Lipinski definition) is 0. The first-order valence-corrected chi connectivity index (χ1v) is 18.7. The molecule has 1 aromatic carbocycles. The molecule has 7 atom stereocenters. The number of hydrogen-bond acceptors (Lipinski definition) is 5. The third-order valence-electron chi connectivity index (χ3n) is 15.0. The van der Waals surface area contributed by atoms with Gasteiger partial charge in [-0.15, -0.1) is 0 Å². The zero-order chi connectivity index (χ0) is 34.3. The van der Waals surface area contributed by atoms with Crippen molar-refractivity contribution in [2.75, 3.05) is 6.61 Å². The van der Waals surface area contributed by atoms with Crippen LogP contribution in [-0.2, 0) is 44.1 Å². The largest absolute Gasteiger partial charge is 0.465 e. The number of ether oxygens (including phenoxy) is 2. The monoisotopic (exact) mass is 654 g/mol. The number of fused-ring (bicyclic) bond motifs is 8. The SMILES string of the molecule is CCOC(=O)Cn1cc2c(n1)C(C)(C)[C@@H]1CC[C@]3(C)[C@H](CC=C4[C@@H]5CC(C)(C)CC[C@]5(C(=O)OCc5ccccc5)CC[C@]43C)[C@@]1(C)C2. The maximum absolute atomic E-state index is 14.3. The van der Waals surface area contributed by atoms with Gasteiger partial charge in [0.15, 0.2) is 0 Å². The molecular formula is C42H58N2O4. The molecule has 0 radical (unpaired) electrons. The van der Waals surface area contributed by atoms with Crippen molar-refractivity contribution < 1.29 is 19.1 Å². The summed E-state index contributed by atoms with van der Waals surface area (Å²) >= 11 is 0. The minimum absolute atomic E-state index is 0.0270. The van der Waals surface area contributed by atoms with Crippen LogP contribution in [0.1, 0.15) is 124 Å². The molecule has 48 heavy (non-hydrogen) atoms. The number of rotatable bonds is 6. The molecule has 5 aliphatic carbocycles. The zero-order valence-corrected chi connectivity index (χ0v) is 30.8. The van der Waals surface area contributed by atoms with E-state index in [4.69, 9.17) is 14.6 Å². The van der Waals surface area contributed by atoms with Crippen molar-refractivity contribution in [3.05, 3.63) is 65.0 Å². The summed E-state index contributed by atoms with van der Waals surface area (Å²) in [6.45, 7) is 20.1. The van der Waals surface area contributed by atoms with E-state index in [0.717, 1.165) is 56.2 Å². The van der Waals surface area contributed by atoms with Crippen molar-refractivity contribution in [1.82, 2.24) is 9.78 Å². The normalized spacial score (nSPS) is 37.4. The van der Waals surface area contributed by atoms with E-state index in [0.29, 0.717) is 25.0 Å². The number of esters is 2. The van der Waals surface area contributed by atoms with Gasteiger partial charge in [0, 0.05) is 11.6 Å². The molecule has 1 heterocycles. The second kappa shape index (κ2) is 11.3. The highest BCUT2D eigenvalue weighted by atomic mass is 16.5. The van der Waals surface area contributed by atoms with Gasteiger partial charge in [0.05, 0.1) is 17.7 Å². The van der Waals surface area contributed by atoms with Gasteiger partial charge in [0.25, 0.3) is 0 Å². The van der Waals surface area contributed by atoms with E-state index in [2.05, 4.69) is 60.7 Å². The topological polar surface area (TPSA) is 70.4 Å². The number of aromatic nitrogens is 2. The van der Waals surface area contributed by atoms with Crippen molar-refractivity contribution in [2.45, 2.75) is 132 Å². The Morgan fingerprint density at radius 3 is 2.38 bits per heavy atom. The average Bonchev–Trinajstić information content (AvgIpc) is 3.43. The maximum Gasteiger partial charge on any atom is 0.327 e. The molecule has 0 aliphatic heterocycles. The highest BCUT2D eigenvalue weighted by Crippen LogP contribution is 2.75. The van der Waals surface area contributed by atoms with E-state index in [-0.39, 0.29) is 51.5 Å². The predicted molar refractivity (Wildman–Crippen MR) is 188 cm³/mol. The number of nitrogens with zero attached hydrogens (tertiary/aromatic N) is 2. The van der Waals surface area contributed by atoms with Crippen LogP contribution in [0.5, 0.6) is 0 Å². The molecule has 3 saturated carbocycles. The molecule has 1 aromatic heterocycles. The van der Waals surface area contributed by atoms with Gasteiger partial charge in [-0.1, -0.05) is 90.4 Å². The third kappa shape index (κ3) is 4.88. The lowest BCUT2D eigenvalue weighted by Gasteiger charge is -2.70. The lowest BCUT2D eigenvalue weighted by atomic mass is 9.33. The number of carbonyl (C=O) groups excluding carboxylic acids is 2. The van der Waals surface area contributed by atoms with Crippen molar-refractivity contribution in [1.29, 1.82) is 0 Å². The van der Waals surface area contributed by atoms with Crippen LogP contribution in [-0.4, -0.2) is 28.3 Å². The first-order chi connectivity index (χ1) is 22.6. The quantitative estimate of drug-likeness (QED) is 0.230. The van der Waals surface area contributed by atoms with Gasteiger partial charge in [-0.05, 0) is 115 Å². The van der Waals surface area contributed by atoms with Crippen LogP contribution in [0.15, 0.2) is 48.2 Å². The molecule has 3 fully saturated rings. The lowest BCUT2D eigenvalue weighted by Crippen LogP contribution is -2.64. The van der Waals surface area contributed by atoms with Crippen LogP contribution >= 0.6 is 0 Å². The van der Waals surface area contributed by atoms with Gasteiger partial charge >= 0.3 is 11.9 Å². The molecule has 2 aromatic rings. The van der Waals surface area contributed by atoms with Crippen LogP contribution in [0.25, 0.3) is 0 Å². The van der Waals surface area contributed by atoms with Gasteiger partial charge in [0.1, 0.15) is 13.2 Å². The fraction of sp³-hybridized carbons (Fsp3) is 0.690. The van der Waals surface area contributed by atoms with Gasteiger partial charge < -0.3 is 9.47 Å². The standard InChI is InChI=1S/C42H58N2O4/c1-9-47-34(45)26-44-25-29-23-39(6)32(38(4,5)35(29)43-44)17-18-41(8)33(39)16-15-30-31-24-37(2,3)19-21-42(31,22-20-40(30,41)7)36(46)48-27-28-13-11-10-12-14-28/h10-15,25,31-33H,9,16-24,26-27H2,1-8H3/t31-,32-,33+,39-,40+,41+,42-/m0/s1. The van der Waals surface area contributed by atoms with Crippen molar-refractivity contribution >= 4 is 11.9 Å². The van der Waals surface area contributed by atoms with Crippen LogP contribution in [0.4, 0.5) is 0 Å². The summed E-state index contributed by atoms with van der Waals surface area (Å²) in [6, 6.07) is 10.1. The zero-order valence-electron chi connectivity index (χ0n) is 30.8. The van der Waals surface area contributed by atoms with Crippen LogP contribution in [0.3, 0.4) is 0 Å². The Kier molecular flexibility index (Phi) is 7.92. The fourth-order valence-electron chi connectivity index (χ4n) is 12.4. The van der Waals surface area contributed by atoms with Crippen molar-refractivity contribution in [2.24, 2.45) is 44.8 Å². The molecular weight excluding hydrogens is 596 g/mol. The first-order valence-electron chi connectivity index (χ1n) is 18.7. The molecule has 0 spiro atoms. The van der Waals surface area contributed by atoms with Gasteiger partial charge in [-0.25, -0.2) is 0 Å². The summed E-state index contributed by atoms with van der Waals surface area (Å²) < 4.78 is 13.3. The van der Waals surface area contributed by atoms with Crippen molar-refractivity contribution in [3.63, 3.8) is 0 Å². The van der Waals surface area contributed by atoms with Crippen LogP contribution < -0.4 is 0 Å². The maximum atomic E-state index is 14.3. The number of carbonyl (C=O) groups is 2.